The summed E-state index contributed by atoms with van der Waals surface area (Å²) < 4.78 is 15.0. The average Bonchev–Trinajstić information content (AvgIpc) is 3.92. The second kappa shape index (κ2) is 14.3. The van der Waals surface area contributed by atoms with E-state index in [1.165, 1.54) is 4.88 Å². The van der Waals surface area contributed by atoms with Crippen molar-refractivity contribution in [3.8, 4) is 11.3 Å². The Bertz CT molecular complexity index is 2040. The average molecular weight is 743 g/mol. The SMILES string of the molecule is Cc1cc(Br)cc2cc(C(C(C)C)N(C)C(=O)c3cc(CN4CCC(n5cc(-c6cccc(NCc7cccs7)c6)nn5)CC4)on3)oc12. The Balaban J connectivity index is 0.943. The Kier molecular flexibility index (Phi) is 9.71. The lowest BCUT2D eigenvalue weighted by molar-refractivity contribution is 0.0651. The van der Waals surface area contributed by atoms with Crippen molar-refractivity contribution in [1.29, 1.82) is 0 Å². The van der Waals surface area contributed by atoms with Crippen molar-refractivity contribution >= 4 is 49.8 Å². The molecule has 6 aromatic rings. The first kappa shape index (κ1) is 33.2. The smallest absolute Gasteiger partial charge is 0.276 e. The number of hydrogen-bond acceptors (Lipinski definition) is 9. The predicted octanol–water partition coefficient (Wildman–Crippen LogP) is 8.73. The maximum Gasteiger partial charge on any atom is 0.276 e. The van der Waals surface area contributed by atoms with Crippen LogP contribution >= 0.6 is 27.3 Å². The minimum absolute atomic E-state index is 0.121. The van der Waals surface area contributed by atoms with Gasteiger partial charge >= 0.3 is 0 Å². The highest BCUT2D eigenvalue weighted by atomic mass is 79.9. The maximum atomic E-state index is 13.6. The van der Waals surface area contributed by atoms with Crippen molar-refractivity contribution in [2.75, 3.05) is 25.5 Å². The number of carbonyl (C=O) groups excluding carboxylic acids is 1. The Labute approximate surface area is 298 Å². The standard InChI is InChI=1S/C37H40BrN7O3S/c1-23(2)35(34-18-26-16-27(38)15-24(3)36(26)47-34)43(4)37(46)32-19-30(48-41-32)21-44-12-10-29(11-13-44)45-22-33(40-42-45)25-7-5-8-28(17-25)39-20-31-9-6-14-49-31/h5-9,14-19,22-23,29,35,39H,10-13,20-21H2,1-4H3. The van der Waals surface area contributed by atoms with Gasteiger partial charge in [-0.05, 0) is 73.0 Å². The Hall–Kier alpha value is -4.26. The number of rotatable bonds is 11. The van der Waals surface area contributed by atoms with Gasteiger partial charge in [0.2, 0.25) is 0 Å². The van der Waals surface area contributed by atoms with Crippen LogP contribution in [0.4, 0.5) is 5.69 Å². The van der Waals surface area contributed by atoms with Gasteiger partial charge in [0.05, 0.1) is 24.8 Å². The third kappa shape index (κ3) is 7.36. The molecular weight excluding hydrogens is 702 g/mol. The molecule has 1 aliphatic heterocycles. The Morgan fingerprint density at radius 1 is 1.12 bits per heavy atom. The molecule has 1 amide bonds. The van der Waals surface area contributed by atoms with E-state index in [4.69, 9.17) is 8.94 Å². The van der Waals surface area contributed by atoms with E-state index < -0.39 is 0 Å². The first-order valence-corrected chi connectivity index (χ1v) is 18.3. The third-order valence-electron chi connectivity index (χ3n) is 9.25. The Morgan fingerprint density at radius 2 is 1.96 bits per heavy atom. The van der Waals surface area contributed by atoms with E-state index in [-0.39, 0.29) is 23.9 Å². The molecule has 1 N–H and O–H groups in total. The fraction of sp³-hybridized carbons (Fsp3) is 0.351. The zero-order chi connectivity index (χ0) is 34.1. The highest BCUT2D eigenvalue weighted by molar-refractivity contribution is 9.10. The van der Waals surface area contributed by atoms with Gasteiger partial charge in [-0.25, -0.2) is 4.68 Å². The largest absolute Gasteiger partial charge is 0.459 e. The van der Waals surface area contributed by atoms with Gasteiger partial charge in [0.15, 0.2) is 11.5 Å². The predicted molar refractivity (Wildman–Crippen MR) is 195 cm³/mol. The number of furan rings is 1. The van der Waals surface area contributed by atoms with E-state index >= 15 is 0 Å². The molecule has 4 aromatic heterocycles. The first-order chi connectivity index (χ1) is 23.7. The van der Waals surface area contributed by atoms with Gasteiger partial charge in [-0.2, -0.15) is 0 Å². The number of nitrogens with one attached hydrogen (secondary N) is 1. The van der Waals surface area contributed by atoms with Crippen LogP contribution in [0.25, 0.3) is 22.2 Å². The molecule has 2 aromatic carbocycles. The van der Waals surface area contributed by atoms with E-state index in [0.29, 0.717) is 18.0 Å². The van der Waals surface area contributed by atoms with Gasteiger partial charge in [0.1, 0.15) is 17.0 Å². The fourth-order valence-corrected chi connectivity index (χ4v) is 7.99. The number of thiophene rings is 1. The van der Waals surface area contributed by atoms with Crippen molar-refractivity contribution in [2.45, 2.75) is 58.8 Å². The lowest BCUT2D eigenvalue weighted by atomic mass is 9.99. The molecule has 1 saturated heterocycles. The molecular formula is C37H40BrN7O3S. The zero-order valence-corrected chi connectivity index (χ0v) is 30.5. The molecule has 0 bridgehead atoms. The highest BCUT2D eigenvalue weighted by Gasteiger charge is 2.31. The van der Waals surface area contributed by atoms with Gasteiger partial charge in [-0.1, -0.05) is 58.3 Å². The number of halogens is 1. The number of hydrogen-bond donors (Lipinski definition) is 1. The summed E-state index contributed by atoms with van der Waals surface area (Å²) in [6.45, 7) is 9.35. The normalized spacial score (nSPS) is 14.9. The number of carbonyl (C=O) groups is 1. The van der Waals surface area contributed by atoms with Crippen LogP contribution in [0.15, 0.2) is 85.7 Å². The number of piperidine rings is 1. The van der Waals surface area contributed by atoms with Gasteiger partial charge in [0, 0.05) is 58.7 Å². The summed E-state index contributed by atoms with van der Waals surface area (Å²) in [6.07, 6.45) is 3.94. The minimum Gasteiger partial charge on any atom is -0.459 e. The van der Waals surface area contributed by atoms with Crippen LogP contribution in [0.5, 0.6) is 0 Å². The van der Waals surface area contributed by atoms with Crippen molar-refractivity contribution in [3.63, 3.8) is 0 Å². The second-order valence-electron chi connectivity index (χ2n) is 13.2. The molecule has 254 valence electrons. The van der Waals surface area contributed by atoms with Crippen molar-refractivity contribution in [2.24, 2.45) is 5.92 Å². The van der Waals surface area contributed by atoms with Crippen molar-refractivity contribution in [3.05, 3.63) is 104 Å². The minimum atomic E-state index is -0.258. The molecule has 0 aliphatic carbocycles. The monoisotopic (exact) mass is 741 g/mol. The quantitative estimate of drug-likeness (QED) is 0.141. The number of amides is 1. The topological polar surface area (TPSA) is 105 Å². The number of fused-ring (bicyclic) bond motifs is 1. The second-order valence-corrected chi connectivity index (χ2v) is 15.1. The van der Waals surface area contributed by atoms with Gasteiger partial charge in [-0.15, -0.1) is 16.4 Å². The molecule has 7 rings (SSSR count). The third-order valence-corrected chi connectivity index (χ3v) is 10.6. The molecule has 1 unspecified atom stereocenters. The lowest BCUT2D eigenvalue weighted by Gasteiger charge is -2.30. The van der Waals surface area contributed by atoms with Crippen LogP contribution in [0.2, 0.25) is 0 Å². The summed E-state index contributed by atoms with van der Waals surface area (Å²) in [5, 5.41) is 19.8. The molecule has 1 atom stereocenters. The molecule has 0 spiro atoms. The Morgan fingerprint density at radius 3 is 2.73 bits per heavy atom. The number of aryl methyl sites for hydroxylation is 1. The van der Waals surface area contributed by atoms with E-state index in [1.54, 1.807) is 29.4 Å². The van der Waals surface area contributed by atoms with E-state index in [1.807, 2.05) is 35.9 Å². The molecule has 0 saturated carbocycles. The number of likely N-dealkylation sites (tertiary alicyclic amines) is 1. The summed E-state index contributed by atoms with van der Waals surface area (Å²) in [4.78, 5) is 19.0. The van der Waals surface area contributed by atoms with Gasteiger partial charge in [0.25, 0.3) is 5.91 Å². The van der Waals surface area contributed by atoms with E-state index in [0.717, 1.165) is 76.2 Å². The number of aromatic nitrogens is 4. The van der Waals surface area contributed by atoms with Gasteiger partial charge < -0.3 is 19.2 Å². The van der Waals surface area contributed by atoms with Crippen LogP contribution in [0.1, 0.15) is 71.2 Å². The number of anilines is 1. The lowest BCUT2D eigenvalue weighted by Crippen LogP contribution is -2.34. The molecule has 1 aliphatic rings. The summed E-state index contributed by atoms with van der Waals surface area (Å²) in [6, 6.07) is 20.4. The first-order valence-electron chi connectivity index (χ1n) is 16.6. The van der Waals surface area contributed by atoms with Crippen LogP contribution < -0.4 is 5.32 Å². The number of nitrogens with zero attached hydrogens (tertiary/aromatic N) is 6. The molecule has 49 heavy (non-hydrogen) atoms. The molecule has 12 heteroatoms. The highest BCUT2D eigenvalue weighted by Crippen LogP contribution is 2.35. The van der Waals surface area contributed by atoms with E-state index in [9.17, 15) is 4.79 Å². The van der Waals surface area contributed by atoms with Gasteiger partial charge in [-0.3, -0.25) is 9.69 Å². The fourth-order valence-electron chi connectivity index (χ4n) is 6.75. The van der Waals surface area contributed by atoms with Crippen molar-refractivity contribution in [1.82, 2.24) is 30.0 Å². The maximum absolute atomic E-state index is 13.6. The summed E-state index contributed by atoms with van der Waals surface area (Å²) in [7, 11) is 1.80. The summed E-state index contributed by atoms with van der Waals surface area (Å²) in [5.74, 6) is 1.35. The van der Waals surface area contributed by atoms with Crippen molar-refractivity contribution < 1.29 is 13.7 Å². The zero-order valence-electron chi connectivity index (χ0n) is 28.1. The van der Waals surface area contributed by atoms with Crippen LogP contribution in [0.3, 0.4) is 0 Å². The molecule has 10 nitrogen and oxygen atoms in total. The van der Waals surface area contributed by atoms with E-state index in [2.05, 4.69) is 97.4 Å². The molecule has 5 heterocycles. The molecule has 0 radical (unpaired) electrons. The molecule has 1 fully saturated rings. The summed E-state index contributed by atoms with van der Waals surface area (Å²) in [5.41, 5.74) is 5.16. The van der Waals surface area contributed by atoms with Crippen LogP contribution in [-0.4, -0.2) is 56.0 Å². The number of benzene rings is 2. The summed E-state index contributed by atoms with van der Waals surface area (Å²) >= 11 is 5.32. The van der Waals surface area contributed by atoms with Crippen LogP contribution in [0, 0.1) is 12.8 Å². The van der Waals surface area contributed by atoms with Crippen LogP contribution in [-0.2, 0) is 13.1 Å².